The van der Waals surface area contributed by atoms with E-state index >= 15 is 0 Å². The Labute approximate surface area is 422 Å². The third-order valence-electron chi connectivity index (χ3n) is 13.6. The Morgan fingerprint density at radius 2 is 0.841 bits per heavy atom. The fourth-order valence-corrected chi connectivity index (χ4v) is 9.85. The van der Waals surface area contributed by atoms with Crippen LogP contribution in [0, 0.1) is 0 Å². The number of unbranched alkanes of at least 4 members (excludes halogenated alkanes) is 36. The highest BCUT2D eigenvalue weighted by atomic mass is 32.2. The molecule has 1 fully saturated rings. The van der Waals surface area contributed by atoms with E-state index < -0.39 is 71.2 Å². The summed E-state index contributed by atoms with van der Waals surface area (Å²) in [5.41, 5.74) is 0. The van der Waals surface area contributed by atoms with Gasteiger partial charge in [0.15, 0.2) is 12.4 Å². The van der Waals surface area contributed by atoms with E-state index in [1.54, 1.807) is 0 Å². The van der Waals surface area contributed by atoms with Crippen LogP contribution < -0.4 is 0 Å². The van der Waals surface area contributed by atoms with Crippen molar-refractivity contribution >= 4 is 22.1 Å². The summed E-state index contributed by atoms with van der Waals surface area (Å²) in [6, 6.07) is 0. The van der Waals surface area contributed by atoms with E-state index in [0.717, 1.165) is 32.1 Å². The number of carbonyl (C=O) groups excluding carboxylic acids is 2. The van der Waals surface area contributed by atoms with E-state index in [-0.39, 0.29) is 19.4 Å². The molecule has 0 amide bonds. The van der Waals surface area contributed by atoms with E-state index in [2.05, 4.69) is 26.0 Å². The molecule has 12 nitrogen and oxygen atoms in total. The second-order valence-corrected chi connectivity index (χ2v) is 21.8. The standard InChI is InChI=1S/C56H106O12S/c1-3-5-7-9-11-13-15-17-19-21-23-24-25-26-27-29-30-32-34-36-38-40-42-44-51(57)65-46-49(47-66-56-55(61)54(60)53(59)50(68-56)48-69(62,63)64)67-52(58)45-43-41-39-37-35-33-31-28-22-20-18-16-14-12-10-8-6-4-2/h36,38,49-50,53-56,59-61H,3-35,37,39-48H2,1-2H3,(H,62,63,64)/b38-36+/t49-,50-,53-,54?,55?,56+/m1/s1. The van der Waals surface area contributed by atoms with E-state index in [9.17, 15) is 37.9 Å². The normalized spacial score (nSPS) is 19.1. The van der Waals surface area contributed by atoms with E-state index in [4.69, 9.17) is 18.9 Å². The fourth-order valence-electron chi connectivity index (χ4n) is 9.16. The first-order valence-corrected chi connectivity index (χ1v) is 30.4. The van der Waals surface area contributed by atoms with Crippen LogP contribution in [-0.2, 0) is 38.7 Å². The van der Waals surface area contributed by atoms with Gasteiger partial charge in [0.25, 0.3) is 10.1 Å². The van der Waals surface area contributed by atoms with Crippen LogP contribution in [0.5, 0.6) is 0 Å². The predicted molar refractivity (Wildman–Crippen MR) is 280 cm³/mol. The number of aliphatic hydroxyl groups is 3. The van der Waals surface area contributed by atoms with Crippen molar-refractivity contribution in [1.29, 1.82) is 0 Å². The van der Waals surface area contributed by atoms with Crippen molar-refractivity contribution in [1.82, 2.24) is 0 Å². The molecule has 69 heavy (non-hydrogen) atoms. The summed E-state index contributed by atoms with van der Waals surface area (Å²) in [6.07, 6.45) is 44.1. The van der Waals surface area contributed by atoms with Gasteiger partial charge in [-0.05, 0) is 32.1 Å². The minimum absolute atomic E-state index is 0.166. The Bertz CT molecular complexity index is 1310. The van der Waals surface area contributed by atoms with Gasteiger partial charge in [-0.15, -0.1) is 0 Å². The van der Waals surface area contributed by atoms with Crippen LogP contribution in [-0.4, -0.2) is 96.0 Å². The summed E-state index contributed by atoms with van der Waals surface area (Å²) in [4.78, 5) is 25.6. The molecule has 1 rings (SSSR count). The third kappa shape index (κ3) is 40.5. The molecule has 1 aliphatic rings. The van der Waals surface area contributed by atoms with Gasteiger partial charge >= 0.3 is 11.9 Å². The van der Waals surface area contributed by atoms with Crippen LogP contribution in [0.15, 0.2) is 12.2 Å². The van der Waals surface area contributed by atoms with Crippen molar-refractivity contribution in [3.63, 3.8) is 0 Å². The molecule has 13 heteroatoms. The quantitative estimate of drug-likeness (QED) is 0.0196. The molecule has 1 saturated heterocycles. The van der Waals surface area contributed by atoms with Gasteiger partial charge in [-0.2, -0.15) is 8.42 Å². The van der Waals surface area contributed by atoms with Gasteiger partial charge in [-0.25, -0.2) is 0 Å². The van der Waals surface area contributed by atoms with Gasteiger partial charge < -0.3 is 34.3 Å². The molecule has 1 aliphatic heterocycles. The van der Waals surface area contributed by atoms with E-state index in [1.165, 1.54) is 205 Å². The number of carbonyl (C=O) groups is 2. The Kier molecular flexibility index (Phi) is 43.8. The first kappa shape index (κ1) is 65.4. The lowest BCUT2D eigenvalue weighted by Crippen LogP contribution is -2.60. The molecule has 0 saturated carbocycles. The van der Waals surface area contributed by atoms with E-state index in [1.807, 2.05) is 0 Å². The van der Waals surface area contributed by atoms with Crippen LogP contribution in [0.2, 0.25) is 0 Å². The smallest absolute Gasteiger partial charge is 0.306 e. The lowest BCUT2D eigenvalue weighted by molar-refractivity contribution is -0.297. The summed E-state index contributed by atoms with van der Waals surface area (Å²) in [7, 11) is -4.61. The average molecular weight is 1000 g/mol. The van der Waals surface area contributed by atoms with Gasteiger partial charge in [-0.3, -0.25) is 14.1 Å². The largest absolute Gasteiger partial charge is 0.462 e. The summed E-state index contributed by atoms with van der Waals surface area (Å²) in [5.74, 6) is -2.00. The van der Waals surface area contributed by atoms with E-state index in [0.29, 0.717) is 12.8 Å². The van der Waals surface area contributed by atoms with Crippen LogP contribution in [0.4, 0.5) is 0 Å². The maximum atomic E-state index is 12.9. The van der Waals surface area contributed by atoms with Crippen LogP contribution in [0.3, 0.4) is 0 Å². The number of rotatable bonds is 50. The predicted octanol–water partition coefficient (Wildman–Crippen LogP) is 13.7. The molecule has 6 atom stereocenters. The van der Waals surface area contributed by atoms with Crippen molar-refractivity contribution in [3.05, 3.63) is 12.2 Å². The average Bonchev–Trinajstić information content (AvgIpc) is 3.32. The first-order valence-electron chi connectivity index (χ1n) is 28.7. The Balaban J connectivity index is 2.31. The molecule has 4 N–H and O–H groups in total. The molecule has 0 aromatic rings. The maximum Gasteiger partial charge on any atom is 0.306 e. The molecule has 0 radical (unpaired) electrons. The second-order valence-electron chi connectivity index (χ2n) is 20.3. The molecule has 1 heterocycles. The lowest BCUT2D eigenvalue weighted by Gasteiger charge is -2.40. The van der Waals surface area contributed by atoms with Gasteiger partial charge in [0, 0.05) is 12.8 Å². The van der Waals surface area contributed by atoms with Crippen LogP contribution in [0.25, 0.3) is 0 Å². The minimum Gasteiger partial charge on any atom is -0.462 e. The van der Waals surface area contributed by atoms with Gasteiger partial charge in [0.2, 0.25) is 0 Å². The number of hydrogen-bond acceptors (Lipinski definition) is 11. The van der Waals surface area contributed by atoms with Crippen molar-refractivity contribution in [2.24, 2.45) is 0 Å². The molecule has 0 aromatic heterocycles. The van der Waals surface area contributed by atoms with Gasteiger partial charge in [0.1, 0.15) is 36.8 Å². The highest BCUT2D eigenvalue weighted by Gasteiger charge is 2.46. The molecule has 2 unspecified atom stereocenters. The van der Waals surface area contributed by atoms with Crippen molar-refractivity contribution < 1.29 is 56.8 Å². The Hall–Kier alpha value is -1.61. The van der Waals surface area contributed by atoms with Crippen LogP contribution >= 0.6 is 0 Å². The second kappa shape index (κ2) is 46.2. The zero-order valence-electron chi connectivity index (χ0n) is 44.2. The molecule has 0 spiro atoms. The van der Waals surface area contributed by atoms with Crippen molar-refractivity contribution in [3.8, 4) is 0 Å². The SMILES string of the molecule is CCCCCCCCCCCCCCCCCCCC/C=C/CCCC(=O)OC[C@H](CO[C@H]1O[C@H](CS(=O)(=O)O)[C@@H](O)C(O)C1O)OC(=O)CCCCCCCCCCCCCCCCCCCC. The number of ether oxygens (including phenoxy) is 4. The summed E-state index contributed by atoms with van der Waals surface area (Å²) in [6.45, 7) is 3.80. The van der Waals surface area contributed by atoms with Crippen molar-refractivity contribution in [2.45, 2.75) is 314 Å². The Morgan fingerprint density at radius 1 is 0.478 bits per heavy atom. The maximum absolute atomic E-state index is 12.9. The molecule has 0 aromatic carbocycles. The van der Waals surface area contributed by atoms with Gasteiger partial charge in [0.05, 0.1) is 6.61 Å². The number of aliphatic hydroxyl groups excluding tert-OH is 3. The summed E-state index contributed by atoms with van der Waals surface area (Å²) in [5, 5.41) is 31.0. The monoisotopic (exact) mass is 1000 g/mol. The van der Waals surface area contributed by atoms with Crippen molar-refractivity contribution in [2.75, 3.05) is 19.0 Å². The molecule has 0 aliphatic carbocycles. The zero-order chi connectivity index (χ0) is 50.5. The molecular weight excluding hydrogens is 897 g/mol. The highest BCUT2D eigenvalue weighted by Crippen LogP contribution is 2.24. The third-order valence-corrected chi connectivity index (χ3v) is 14.3. The number of allylic oxidation sites excluding steroid dienone is 2. The summed E-state index contributed by atoms with van der Waals surface area (Å²) >= 11 is 0. The first-order chi connectivity index (χ1) is 33.5. The molecular formula is C56H106O12S. The highest BCUT2D eigenvalue weighted by molar-refractivity contribution is 7.85. The fraction of sp³-hybridized carbons (Fsp3) is 0.929. The number of esters is 2. The zero-order valence-corrected chi connectivity index (χ0v) is 45.0. The molecule has 408 valence electrons. The summed E-state index contributed by atoms with van der Waals surface area (Å²) < 4.78 is 54.3. The Morgan fingerprint density at radius 3 is 1.25 bits per heavy atom. The topological polar surface area (TPSA) is 186 Å². The number of hydrogen-bond donors (Lipinski definition) is 4. The van der Waals surface area contributed by atoms with Gasteiger partial charge in [-0.1, -0.05) is 244 Å². The van der Waals surface area contributed by atoms with Crippen LogP contribution in [0.1, 0.15) is 277 Å². The lowest BCUT2D eigenvalue weighted by atomic mass is 10.00. The molecule has 0 bridgehead atoms. The minimum atomic E-state index is -4.61.